The van der Waals surface area contributed by atoms with Crippen molar-refractivity contribution in [2.24, 2.45) is 0 Å². The smallest absolute Gasteiger partial charge is 0.420 e. The maximum absolute atomic E-state index is 12.8. The van der Waals surface area contributed by atoms with Crippen LogP contribution in [0.4, 0.5) is 9.59 Å². The van der Waals surface area contributed by atoms with Crippen LogP contribution in [0.5, 0.6) is 0 Å². The number of amides is 2. The molecule has 1 unspecified atom stereocenters. The summed E-state index contributed by atoms with van der Waals surface area (Å²) in [5.41, 5.74) is -0.746. The Bertz CT molecular complexity index is 727. The number of esters is 1. The number of carbonyl (C=O) groups is 3. The van der Waals surface area contributed by atoms with Gasteiger partial charge in [0.05, 0.1) is 7.11 Å². The molecule has 0 aliphatic heterocycles. The maximum Gasteiger partial charge on any atom is 0.420 e. The summed E-state index contributed by atoms with van der Waals surface area (Å²) in [6.45, 7) is 10.4. The monoisotopic (exact) mass is 534 g/mol. The highest BCUT2D eigenvalue weighted by Gasteiger charge is 2.40. The van der Waals surface area contributed by atoms with E-state index in [0.29, 0.717) is 11.4 Å². The van der Waals surface area contributed by atoms with Crippen molar-refractivity contribution in [2.75, 3.05) is 13.7 Å². The van der Waals surface area contributed by atoms with Crippen LogP contribution < -0.4 is 5.32 Å². The van der Waals surface area contributed by atoms with E-state index in [0.717, 1.165) is 9.13 Å². The van der Waals surface area contributed by atoms with Crippen molar-refractivity contribution in [3.05, 3.63) is 33.4 Å². The Morgan fingerprint density at radius 2 is 1.57 bits per heavy atom. The maximum atomic E-state index is 12.8. The number of hydrogen-bond acceptors (Lipinski definition) is 7. The molecule has 30 heavy (non-hydrogen) atoms. The van der Waals surface area contributed by atoms with Gasteiger partial charge in [-0.2, -0.15) is 4.90 Å². The molecule has 0 fully saturated rings. The van der Waals surface area contributed by atoms with Crippen molar-refractivity contribution in [1.29, 1.82) is 0 Å². The van der Waals surface area contributed by atoms with Gasteiger partial charge in [-0.25, -0.2) is 14.4 Å². The Labute approximate surface area is 191 Å². The highest BCUT2D eigenvalue weighted by atomic mass is 127. The zero-order valence-electron chi connectivity index (χ0n) is 18.6. The minimum Gasteiger partial charge on any atom is -0.467 e. The summed E-state index contributed by atoms with van der Waals surface area (Å²) in [7, 11) is 1.19. The van der Waals surface area contributed by atoms with Crippen LogP contribution in [0.1, 0.15) is 47.1 Å². The number of nitrogens with one attached hydrogen (secondary N) is 1. The van der Waals surface area contributed by atoms with Crippen molar-refractivity contribution in [1.82, 2.24) is 10.2 Å². The SMILES string of the molecule is COC(=O)C(CNCc1cccc(I)c1)N(C(=O)OC(C)(C)C)C(=O)OC(C)(C)C. The molecule has 168 valence electrons. The van der Waals surface area contributed by atoms with Crippen LogP contribution in [0.2, 0.25) is 0 Å². The van der Waals surface area contributed by atoms with E-state index in [-0.39, 0.29) is 6.54 Å². The van der Waals surface area contributed by atoms with Crippen molar-refractivity contribution < 1.29 is 28.6 Å². The molecule has 0 aliphatic carbocycles. The lowest BCUT2D eigenvalue weighted by atomic mass is 10.2. The molecular formula is C21H31IN2O6. The van der Waals surface area contributed by atoms with Crippen LogP contribution in [-0.4, -0.2) is 54.0 Å². The average molecular weight is 534 g/mol. The number of halogens is 1. The molecule has 2 amide bonds. The van der Waals surface area contributed by atoms with Crippen molar-refractivity contribution in [3.8, 4) is 0 Å². The zero-order valence-corrected chi connectivity index (χ0v) is 20.7. The Balaban J connectivity index is 3.10. The first kappa shape index (κ1) is 26.2. The fourth-order valence-corrected chi connectivity index (χ4v) is 2.98. The van der Waals surface area contributed by atoms with Gasteiger partial charge in [-0.3, -0.25) is 0 Å². The van der Waals surface area contributed by atoms with Gasteiger partial charge in [0.2, 0.25) is 0 Å². The van der Waals surface area contributed by atoms with E-state index in [1.165, 1.54) is 7.11 Å². The minimum absolute atomic E-state index is 0.0311. The lowest BCUT2D eigenvalue weighted by molar-refractivity contribution is -0.146. The second-order valence-corrected chi connectivity index (χ2v) is 9.88. The number of rotatable bonds is 6. The predicted molar refractivity (Wildman–Crippen MR) is 121 cm³/mol. The summed E-state index contributed by atoms with van der Waals surface area (Å²) in [4.78, 5) is 38.7. The first-order valence-electron chi connectivity index (χ1n) is 9.51. The van der Waals surface area contributed by atoms with Gasteiger partial charge in [0.15, 0.2) is 6.04 Å². The van der Waals surface area contributed by atoms with E-state index in [4.69, 9.17) is 14.2 Å². The molecule has 1 atom stereocenters. The number of hydrogen-bond donors (Lipinski definition) is 1. The second-order valence-electron chi connectivity index (χ2n) is 8.63. The molecular weight excluding hydrogens is 503 g/mol. The third kappa shape index (κ3) is 9.29. The molecule has 9 heteroatoms. The van der Waals surface area contributed by atoms with E-state index in [1.54, 1.807) is 41.5 Å². The van der Waals surface area contributed by atoms with Gasteiger partial charge in [-0.1, -0.05) is 12.1 Å². The van der Waals surface area contributed by atoms with Gasteiger partial charge in [-0.15, -0.1) is 0 Å². The van der Waals surface area contributed by atoms with Gasteiger partial charge in [0, 0.05) is 16.7 Å². The fraction of sp³-hybridized carbons (Fsp3) is 0.571. The summed E-state index contributed by atoms with van der Waals surface area (Å²) in [6, 6.07) is 6.54. The summed E-state index contributed by atoms with van der Waals surface area (Å²) >= 11 is 2.21. The Hall–Kier alpha value is -1.88. The molecule has 0 aromatic heterocycles. The van der Waals surface area contributed by atoms with Gasteiger partial charge in [-0.05, 0) is 81.8 Å². The predicted octanol–water partition coefficient (Wildman–Crippen LogP) is 4.09. The van der Waals surface area contributed by atoms with E-state index < -0.39 is 35.4 Å². The van der Waals surface area contributed by atoms with Crippen LogP contribution in [0.15, 0.2) is 24.3 Å². The fourth-order valence-electron chi connectivity index (χ4n) is 2.37. The lowest BCUT2D eigenvalue weighted by Crippen LogP contribution is -2.55. The molecule has 0 heterocycles. The molecule has 8 nitrogen and oxygen atoms in total. The minimum atomic E-state index is -1.26. The summed E-state index contributed by atoms with van der Waals surface area (Å²) in [5, 5.41) is 3.10. The van der Waals surface area contributed by atoms with E-state index in [2.05, 4.69) is 27.9 Å². The Morgan fingerprint density at radius 1 is 1.03 bits per heavy atom. The molecule has 1 aromatic rings. The number of nitrogens with zero attached hydrogens (tertiary/aromatic N) is 1. The Kier molecular flexibility index (Phi) is 9.54. The average Bonchev–Trinajstić information content (AvgIpc) is 2.57. The molecule has 0 aliphatic rings. The van der Waals surface area contributed by atoms with Gasteiger partial charge in [0.1, 0.15) is 11.2 Å². The quantitative estimate of drug-likeness (QED) is 0.334. The molecule has 0 radical (unpaired) electrons. The van der Waals surface area contributed by atoms with Crippen LogP contribution in [0, 0.1) is 3.57 Å². The topological polar surface area (TPSA) is 94.2 Å². The molecule has 0 spiro atoms. The van der Waals surface area contributed by atoms with Crippen LogP contribution in [-0.2, 0) is 25.5 Å². The second kappa shape index (κ2) is 10.9. The number of methoxy groups -OCH3 is 1. The largest absolute Gasteiger partial charge is 0.467 e. The highest BCUT2D eigenvalue weighted by Crippen LogP contribution is 2.17. The third-order valence-corrected chi connectivity index (χ3v) is 4.19. The van der Waals surface area contributed by atoms with Gasteiger partial charge in [0.25, 0.3) is 0 Å². The molecule has 0 saturated heterocycles. The van der Waals surface area contributed by atoms with Crippen LogP contribution in [0.25, 0.3) is 0 Å². The van der Waals surface area contributed by atoms with Gasteiger partial charge >= 0.3 is 18.2 Å². The van der Waals surface area contributed by atoms with Crippen molar-refractivity contribution in [2.45, 2.75) is 65.3 Å². The van der Waals surface area contributed by atoms with Crippen LogP contribution >= 0.6 is 22.6 Å². The summed E-state index contributed by atoms with van der Waals surface area (Å²) in [5.74, 6) is -0.762. The van der Waals surface area contributed by atoms with E-state index in [9.17, 15) is 14.4 Å². The summed E-state index contributed by atoms with van der Waals surface area (Å²) in [6.07, 6.45) is -1.97. The normalized spacial score (nSPS) is 12.7. The van der Waals surface area contributed by atoms with Crippen molar-refractivity contribution >= 4 is 40.7 Å². The highest BCUT2D eigenvalue weighted by molar-refractivity contribution is 14.1. The standard InChI is InChI=1S/C21H31IN2O6/c1-20(2,3)29-18(26)24(19(27)30-21(4,5)6)16(17(25)28-7)13-23-12-14-9-8-10-15(22)11-14/h8-11,16,23H,12-13H2,1-7H3. The van der Waals surface area contributed by atoms with Gasteiger partial charge < -0.3 is 19.5 Å². The first-order valence-corrected chi connectivity index (χ1v) is 10.6. The van der Waals surface area contributed by atoms with Crippen molar-refractivity contribution in [3.63, 3.8) is 0 Å². The van der Waals surface area contributed by atoms with Crippen LogP contribution in [0.3, 0.4) is 0 Å². The molecule has 1 N–H and O–H groups in total. The Morgan fingerprint density at radius 3 is 2.00 bits per heavy atom. The first-order chi connectivity index (χ1) is 13.7. The summed E-state index contributed by atoms with van der Waals surface area (Å²) < 4.78 is 16.6. The van der Waals surface area contributed by atoms with E-state index >= 15 is 0 Å². The third-order valence-electron chi connectivity index (χ3n) is 3.52. The number of imide groups is 1. The van der Waals surface area contributed by atoms with E-state index in [1.807, 2.05) is 24.3 Å². The number of carbonyl (C=O) groups excluding carboxylic acids is 3. The molecule has 1 rings (SSSR count). The molecule has 0 saturated carbocycles. The lowest BCUT2D eigenvalue weighted by Gasteiger charge is -2.32. The number of ether oxygens (including phenoxy) is 3. The number of benzene rings is 1. The zero-order chi connectivity index (χ0) is 23.1. The molecule has 0 bridgehead atoms. The molecule has 1 aromatic carbocycles.